The normalized spacial score (nSPS) is 13.6. The topological polar surface area (TPSA) is 114 Å². The molecular weight excluding hydrogens is 444 g/mol. The maximum atomic E-state index is 12.9. The van der Waals surface area contributed by atoms with Crippen molar-refractivity contribution >= 4 is 34.2 Å². The molecule has 0 radical (unpaired) electrons. The Morgan fingerprint density at radius 1 is 1.03 bits per heavy atom. The first-order chi connectivity index (χ1) is 17.0. The Morgan fingerprint density at radius 3 is 2.63 bits per heavy atom. The van der Waals surface area contributed by atoms with Crippen molar-refractivity contribution in [1.29, 1.82) is 0 Å². The molecular formula is C27H30N4O4. The lowest BCUT2D eigenvalue weighted by Crippen LogP contribution is -2.49. The summed E-state index contributed by atoms with van der Waals surface area (Å²) in [6.45, 7) is 1.05. The highest BCUT2D eigenvalue weighted by atomic mass is 16.5. The molecule has 8 heteroatoms. The number of anilines is 1. The van der Waals surface area contributed by atoms with E-state index in [-0.39, 0.29) is 37.3 Å². The molecule has 1 aliphatic heterocycles. The molecule has 3 amide bonds. The van der Waals surface area contributed by atoms with Gasteiger partial charge < -0.3 is 26.0 Å². The van der Waals surface area contributed by atoms with E-state index in [9.17, 15) is 14.4 Å². The van der Waals surface area contributed by atoms with Crippen LogP contribution in [-0.4, -0.2) is 50.0 Å². The number of benzene rings is 3. The van der Waals surface area contributed by atoms with Crippen molar-refractivity contribution in [3.63, 3.8) is 0 Å². The lowest BCUT2D eigenvalue weighted by Gasteiger charge is -2.29. The van der Waals surface area contributed by atoms with Gasteiger partial charge in [0.05, 0.1) is 5.69 Å². The molecule has 1 atom stereocenters. The second-order valence-corrected chi connectivity index (χ2v) is 8.49. The predicted molar refractivity (Wildman–Crippen MR) is 135 cm³/mol. The van der Waals surface area contributed by atoms with Gasteiger partial charge in [0, 0.05) is 25.9 Å². The van der Waals surface area contributed by atoms with Crippen molar-refractivity contribution in [3.8, 4) is 5.75 Å². The van der Waals surface area contributed by atoms with E-state index in [0.717, 1.165) is 16.3 Å². The SMILES string of the molecule is NCCCNC(=O)[C@@H](Cc1ccc2ccccc2c1)NC(=O)CCN1C(=O)COc2ccccc21. The van der Waals surface area contributed by atoms with Gasteiger partial charge in [0.25, 0.3) is 5.91 Å². The fourth-order valence-electron chi connectivity index (χ4n) is 4.13. The molecule has 3 aromatic carbocycles. The van der Waals surface area contributed by atoms with E-state index in [1.54, 1.807) is 17.0 Å². The smallest absolute Gasteiger partial charge is 0.265 e. The Morgan fingerprint density at radius 2 is 1.80 bits per heavy atom. The van der Waals surface area contributed by atoms with Crippen molar-refractivity contribution in [2.45, 2.75) is 25.3 Å². The Balaban J connectivity index is 1.43. The molecule has 0 aromatic heterocycles. The number of hydrogen-bond acceptors (Lipinski definition) is 5. The first-order valence-corrected chi connectivity index (χ1v) is 11.8. The number of carbonyl (C=O) groups excluding carboxylic acids is 3. The zero-order chi connectivity index (χ0) is 24.6. The quantitative estimate of drug-likeness (QED) is 0.390. The minimum atomic E-state index is -0.742. The molecule has 35 heavy (non-hydrogen) atoms. The molecule has 1 heterocycles. The van der Waals surface area contributed by atoms with Crippen LogP contribution in [0.4, 0.5) is 5.69 Å². The minimum absolute atomic E-state index is 0.0599. The van der Waals surface area contributed by atoms with Crippen LogP contribution in [0.15, 0.2) is 66.7 Å². The van der Waals surface area contributed by atoms with Crippen molar-refractivity contribution in [3.05, 3.63) is 72.3 Å². The number of nitrogens with one attached hydrogen (secondary N) is 2. The van der Waals surface area contributed by atoms with Crippen LogP contribution in [0, 0.1) is 0 Å². The third kappa shape index (κ3) is 6.16. The number of nitrogens with zero attached hydrogens (tertiary/aromatic N) is 1. The minimum Gasteiger partial charge on any atom is -0.482 e. The van der Waals surface area contributed by atoms with Crippen molar-refractivity contribution in [1.82, 2.24) is 10.6 Å². The van der Waals surface area contributed by atoms with E-state index >= 15 is 0 Å². The molecule has 4 N–H and O–H groups in total. The second kappa shape index (κ2) is 11.5. The highest BCUT2D eigenvalue weighted by molar-refractivity contribution is 5.98. The van der Waals surface area contributed by atoms with Gasteiger partial charge in [-0.05, 0) is 41.4 Å². The zero-order valence-electron chi connectivity index (χ0n) is 19.5. The molecule has 4 rings (SSSR count). The second-order valence-electron chi connectivity index (χ2n) is 8.49. The standard InChI is InChI=1S/C27H30N4O4/c28-13-5-14-29-27(34)22(17-19-10-11-20-6-1-2-7-21(20)16-19)30-25(32)12-15-31-23-8-3-4-9-24(23)35-18-26(31)33/h1-4,6-11,16,22H,5,12-15,17-18,28H2,(H,29,34)(H,30,32)/t22-/m1/s1. The van der Waals surface area contributed by atoms with E-state index in [1.165, 1.54) is 0 Å². The van der Waals surface area contributed by atoms with Gasteiger partial charge in [0.15, 0.2) is 6.61 Å². The molecule has 3 aromatic rings. The van der Waals surface area contributed by atoms with Crippen LogP contribution in [-0.2, 0) is 20.8 Å². The number of rotatable bonds is 10. The van der Waals surface area contributed by atoms with Crippen LogP contribution < -0.4 is 26.0 Å². The summed E-state index contributed by atoms with van der Waals surface area (Å²) >= 11 is 0. The van der Waals surface area contributed by atoms with Gasteiger partial charge in [-0.25, -0.2) is 0 Å². The molecule has 0 aliphatic carbocycles. The van der Waals surface area contributed by atoms with Crippen LogP contribution in [0.2, 0.25) is 0 Å². The van der Waals surface area contributed by atoms with E-state index < -0.39 is 6.04 Å². The molecule has 0 saturated heterocycles. The number of amides is 3. The van der Waals surface area contributed by atoms with Gasteiger partial charge in [0.1, 0.15) is 11.8 Å². The average Bonchev–Trinajstić information content (AvgIpc) is 2.87. The van der Waals surface area contributed by atoms with Gasteiger partial charge in [-0.1, -0.05) is 54.6 Å². The molecule has 0 unspecified atom stereocenters. The Bertz CT molecular complexity index is 1210. The number of fused-ring (bicyclic) bond motifs is 2. The fraction of sp³-hybridized carbons (Fsp3) is 0.296. The lowest BCUT2D eigenvalue weighted by atomic mass is 10.0. The van der Waals surface area contributed by atoms with Gasteiger partial charge in [-0.2, -0.15) is 0 Å². The molecule has 1 aliphatic rings. The summed E-state index contributed by atoms with van der Waals surface area (Å²) in [6.07, 6.45) is 1.07. The molecule has 0 spiro atoms. The zero-order valence-corrected chi connectivity index (χ0v) is 19.5. The third-order valence-electron chi connectivity index (χ3n) is 5.96. The summed E-state index contributed by atoms with van der Waals surface area (Å²) in [5.41, 5.74) is 7.13. The van der Waals surface area contributed by atoms with Crippen molar-refractivity contribution in [2.24, 2.45) is 5.73 Å². The summed E-state index contributed by atoms with van der Waals surface area (Å²) in [5, 5.41) is 7.91. The number of para-hydroxylation sites is 2. The monoisotopic (exact) mass is 474 g/mol. The van der Waals surface area contributed by atoms with E-state index in [0.29, 0.717) is 37.4 Å². The van der Waals surface area contributed by atoms with Crippen molar-refractivity contribution in [2.75, 3.05) is 31.1 Å². The van der Waals surface area contributed by atoms with E-state index in [1.807, 2.05) is 54.6 Å². The largest absolute Gasteiger partial charge is 0.482 e. The number of nitrogens with two attached hydrogens (primary N) is 1. The third-order valence-corrected chi connectivity index (χ3v) is 5.96. The van der Waals surface area contributed by atoms with Crippen LogP contribution >= 0.6 is 0 Å². The predicted octanol–water partition coefficient (Wildman–Crippen LogP) is 2.15. The van der Waals surface area contributed by atoms with Crippen LogP contribution in [0.5, 0.6) is 5.75 Å². The number of hydrogen-bond donors (Lipinski definition) is 3. The summed E-state index contributed by atoms with van der Waals surface area (Å²) in [6, 6.07) is 20.5. The Labute approximate surface area is 204 Å². The maximum Gasteiger partial charge on any atom is 0.265 e. The van der Waals surface area contributed by atoms with Crippen LogP contribution in [0.3, 0.4) is 0 Å². The van der Waals surface area contributed by atoms with Crippen molar-refractivity contribution < 1.29 is 19.1 Å². The summed E-state index contributed by atoms with van der Waals surface area (Å²) in [4.78, 5) is 39.7. The first-order valence-electron chi connectivity index (χ1n) is 11.8. The van der Waals surface area contributed by atoms with E-state index in [2.05, 4.69) is 10.6 Å². The van der Waals surface area contributed by atoms with E-state index in [4.69, 9.17) is 10.5 Å². The lowest BCUT2D eigenvalue weighted by molar-refractivity contribution is -0.129. The molecule has 8 nitrogen and oxygen atoms in total. The van der Waals surface area contributed by atoms with Crippen LogP contribution in [0.1, 0.15) is 18.4 Å². The van der Waals surface area contributed by atoms with Crippen LogP contribution in [0.25, 0.3) is 10.8 Å². The molecule has 0 saturated carbocycles. The summed E-state index contributed by atoms with van der Waals surface area (Å²) in [7, 11) is 0. The number of carbonyl (C=O) groups is 3. The van der Waals surface area contributed by atoms with Gasteiger partial charge in [-0.3, -0.25) is 14.4 Å². The summed E-state index contributed by atoms with van der Waals surface area (Å²) in [5.74, 6) is -0.154. The number of ether oxygens (including phenoxy) is 1. The van der Waals surface area contributed by atoms with Gasteiger partial charge in [0.2, 0.25) is 11.8 Å². The Kier molecular flexibility index (Phi) is 7.95. The Hall–Kier alpha value is -3.91. The average molecular weight is 475 g/mol. The highest BCUT2D eigenvalue weighted by Gasteiger charge is 2.26. The summed E-state index contributed by atoms with van der Waals surface area (Å²) < 4.78 is 5.46. The fourth-order valence-corrected chi connectivity index (χ4v) is 4.13. The maximum absolute atomic E-state index is 12.9. The first kappa shape index (κ1) is 24.2. The van der Waals surface area contributed by atoms with Gasteiger partial charge >= 0.3 is 0 Å². The molecule has 0 fully saturated rings. The highest BCUT2D eigenvalue weighted by Crippen LogP contribution is 2.31. The molecule has 182 valence electrons. The molecule has 0 bridgehead atoms. The van der Waals surface area contributed by atoms with Gasteiger partial charge in [-0.15, -0.1) is 0 Å².